The van der Waals surface area contributed by atoms with Gasteiger partial charge >= 0.3 is 0 Å². The van der Waals surface area contributed by atoms with Gasteiger partial charge in [0.2, 0.25) is 0 Å². The van der Waals surface area contributed by atoms with Gasteiger partial charge in [0.1, 0.15) is 0 Å². The van der Waals surface area contributed by atoms with E-state index < -0.39 is 4.92 Å². The normalized spacial score (nSPS) is 12.4. The van der Waals surface area contributed by atoms with Crippen molar-refractivity contribution >= 4 is 17.3 Å². The molecule has 6 heteroatoms. The highest BCUT2D eigenvalue weighted by atomic mass is 35.5. The Morgan fingerprint density at radius 3 is 2.88 bits per heavy atom. The first-order valence-electron chi connectivity index (χ1n) is 5.20. The average molecular weight is 259 g/mol. The molecule has 0 amide bonds. The van der Waals surface area contributed by atoms with E-state index >= 15 is 0 Å². The third-order valence-corrected chi connectivity index (χ3v) is 2.69. The van der Waals surface area contributed by atoms with Crippen molar-refractivity contribution in [2.45, 2.75) is 19.5 Å². The number of ether oxygens (including phenoxy) is 1. The van der Waals surface area contributed by atoms with E-state index in [1.54, 1.807) is 19.2 Å². The minimum Gasteiger partial charge on any atom is -0.383 e. The van der Waals surface area contributed by atoms with E-state index in [0.717, 1.165) is 0 Å². The third kappa shape index (κ3) is 3.96. The lowest BCUT2D eigenvalue weighted by Crippen LogP contribution is -2.29. The molecule has 0 aliphatic carbocycles. The molecule has 1 aromatic rings. The van der Waals surface area contributed by atoms with Crippen molar-refractivity contribution in [2.24, 2.45) is 0 Å². The molecule has 0 radical (unpaired) electrons. The van der Waals surface area contributed by atoms with Crippen molar-refractivity contribution < 1.29 is 9.66 Å². The standard InChI is InChI=1S/C11H15ClN2O3/c1-8(7-17-2)13-6-9-10(12)4-3-5-11(9)14(15)16/h3-5,8,13H,6-7H2,1-2H3. The molecule has 94 valence electrons. The highest BCUT2D eigenvalue weighted by Gasteiger charge is 2.16. The van der Waals surface area contributed by atoms with Crippen molar-refractivity contribution in [3.63, 3.8) is 0 Å². The van der Waals surface area contributed by atoms with Gasteiger partial charge in [0, 0.05) is 25.8 Å². The molecule has 1 rings (SSSR count). The van der Waals surface area contributed by atoms with Crippen LogP contribution in [-0.4, -0.2) is 24.7 Å². The van der Waals surface area contributed by atoms with Gasteiger partial charge < -0.3 is 10.1 Å². The van der Waals surface area contributed by atoms with Gasteiger partial charge in [0.25, 0.3) is 5.69 Å². The molecule has 1 unspecified atom stereocenters. The van der Waals surface area contributed by atoms with Crippen LogP contribution in [0, 0.1) is 10.1 Å². The topological polar surface area (TPSA) is 64.4 Å². The number of nitrogens with one attached hydrogen (secondary N) is 1. The Bertz CT molecular complexity index is 398. The van der Waals surface area contributed by atoms with Gasteiger partial charge in [-0.2, -0.15) is 0 Å². The monoisotopic (exact) mass is 258 g/mol. The maximum Gasteiger partial charge on any atom is 0.275 e. The van der Waals surface area contributed by atoms with E-state index in [1.807, 2.05) is 6.92 Å². The van der Waals surface area contributed by atoms with Crippen LogP contribution in [0.15, 0.2) is 18.2 Å². The smallest absolute Gasteiger partial charge is 0.275 e. The van der Waals surface area contributed by atoms with Crippen molar-refractivity contribution in [1.29, 1.82) is 0 Å². The Morgan fingerprint density at radius 1 is 1.59 bits per heavy atom. The summed E-state index contributed by atoms with van der Waals surface area (Å²) in [6.07, 6.45) is 0. The van der Waals surface area contributed by atoms with Crippen LogP contribution >= 0.6 is 11.6 Å². The number of rotatable bonds is 6. The van der Waals surface area contributed by atoms with Crippen molar-refractivity contribution in [1.82, 2.24) is 5.32 Å². The molecule has 17 heavy (non-hydrogen) atoms. The Balaban J connectivity index is 2.79. The van der Waals surface area contributed by atoms with Crippen molar-refractivity contribution in [3.05, 3.63) is 38.9 Å². The molecule has 0 heterocycles. The van der Waals surface area contributed by atoms with Crippen LogP contribution in [-0.2, 0) is 11.3 Å². The SMILES string of the molecule is COCC(C)NCc1c(Cl)cccc1[N+](=O)[O-]. The molecule has 1 aromatic carbocycles. The maximum atomic E-state index is 10.8. The summed E-state index contributed by atoms with van der Waals surface area (Å²) in [7, 11) is 1.61. The first-order valence-corrected chi connectivity index (χ1v) is 5.58. The number of methoxy groups -OCH3 is 1. The molecular weight excluding hydrogens is 244 g/mol. The van der Waals surface area contributed by atoms with Gasteiger partial charge in [-0.3, -0.25) is 10.1 Å². The zero-order chi connectivity index (χ0) is 12.8. The average Bonchev–Trinajstić information content (AvgIpc) is 2.27. The fraction of sp³-hybridized carbons (Fsp3) is 0.455. The molecule has 1 atom stereocenters. The highest BCUT2D eigenvalue weighted by molar-refractivity contribution is 6.31. The lowest BCUT2D eigenvalue weighted by molar-refractivity contribution is -0.385. The van der Waals surface area contributed by atoms with E-state index in [2.05, 4.69) is 5.32 Å². The second-order valence-corrected chi connectivity index (χ2v) is 4.14. The summed E-state index contributed by atoms with van der Waals surface area (Å²) in [6, 6.07) is 4.77. The van der Waals surface area contributed by atoms with Crippen LogP contribution < -0.4 is 5.32 Å². The van der Waals surface area contributed by atoms with Crippen molar-refractivity contribution in [3.8, 4) is 0 Å². The molecule has 1 N–H and O–H groups in total. The summed E-state index contributed by atoms with van der Waals surface area (Å²) in [5, 5.41) is 14.4. The molecule has 0 saturated carbocycles. The van der Waals surface area contributed by atoms with E-state index in [0.29, 0.717) is 23.7 Å². The summed E-state index contributed by atoms with van der Waals surface area (Å²) in [4.78, 5) is 10.4. The molecule has 0 bridgehead atoms. The van der Waals surface area contributed by atoms with Gasteiger partial charge in [-0.1, -0.05) is 17.7 Å². The molecule has 0 aliphatic rings. The van der Waals surface area contributed by atoms with Gasteiger partial charge in [-0.15, -0.1) is 0 Å². The largest absolute Gasteiger partial charge is 0.383 e. The van der Waals surface area contributed by atoms with Crippen LogP contribution in [0.3, 0.4) is 0 Å². The van der Waals surface area contributed by atoms with Gasteiger partial charge in [-0.05, 0) is 13.0 Å². The second kappa shape index (κ2) is 6.54. The first kappa shape index (κ1) is 13.9. The maximum absolute atomic E-state index is 10.8. The minimum absolute atomic E-state index is 0.0367. The Morgan fingerprint density at radius 2 is 2.29 bits per heavy atom. The van der Waals surface area contributed by atoms with Gasteiger partial charge in [0.05, 0.1) is 22.1 Å². The summed E-state index contributed by atoms with van der Waals surface area (Å²) in [6.45, 7) is 2.82. The summed E-state index contributed by atoms with van der Waals surface area (Å²) >= 11 is 5.96. The molecule has 0 aromatic heterocycles. The van der Waals surface area contributed by atoms with Crippen LogP contribution in [0.1, 0.15) is 12.5 Å². The fourth-order valence-electron chi connectivity index (χ4n) is 1.48. The van der Waals surface area contributed by atoms with Crippen LogP contribution in [0.5, 0.6) is 0 Å². The number of halogens is 1. The Hall–Kier alpha value is -1.17. The number of nitro groups is 1. The van der Waals surface area contributed by atoms with Crippen LogP contribution in [0.25, 0.3) is 0 Å². The number of benzene rings is 1. The molecule has 0 aliphatic heterocycles. The second-order valence-electron chi connectivity index (χ2n) is 3.73. The number of hydrogen-bond donors (Lipinski definition) is 1. The summed E-state index contributed by atoms with van der Waals surface area (Å²) in [5.41, 5.74) is 0.539. The lowest BCUT2D eigenvalue weighted by Gasteiger charge is -2.13. The summed E-state index contributed by atoms with van der Waals surface area (Å²) in [5.74, 6) is 0. The Kier molecular flexibility index (Phi) is 5.34. The van der Waals surface area contributed by atoms with Crippen LogP contribution in [0.4, 0.5) is 5.69 Å². The predicted octanol–water partition coefficient (Wildman–Crippen LogP) is 2.37. The minimum atomic E-state index is -0.427. The molecule has 5 nitrogen and oxygen atoms in total. The number of nitro benzene ring substituents is 1. The molecule has 0 saturated heterocycles. The van der Waals surface area contributed by atoms with E-state index in [-0.39, 0.29) is 11.7 Å². The number of hydrogen-bond acceptors (Lipinski definition) is 4. The first-order chi connectivity index (χ1) is 8.06. The zero-order valence-corrected chi connectivity index (χ0v) is 10.5. The van der Waals surface area contributed by atoms with E-state index in [9.17, 15) is 10.1 Å². The summed E-state index contributed by atoms with van der Waals surface area (Å²) < 4.78 is 4.97. The molecule has 0 spiro atoms. The van der Waals surface area contributed by atoms with E-state index in [4.69, 9.17) is 16.3 Å². The van der Waals surface area contributed by atoms with Gasteiger partial charge in [-0.25, -0.2) is 0 Å². The highest BCUT2D eigenvalue weighted by Crippen LogP contribution is 2.25. The fourth-order valence-corrected chi connectivity index (χ4v) is 1.71. The number of nitrogens with zero attached hydrogens (tertiary/aromatic N) is 1. The lowest BCUT2D eigenvalue weighted by atomic mass is 10.1. The molecular formula is C11H15ClN2O3. The predicted molar refractivity (Wildman–Crippen MR) is 66.3 cm³/mol. The quantitative estimate of drug-likeness (QED) is 0.628. The van der Waals surface area contributed by atoms with Crippen LogP contribution in [0.2, 0.25) is 5.02 Å². The van der Waals surface area contributed by atoms with Crippen molar-refractivity contribution in [2.75, 3.05) is 13.7 Å². The van der Waals surface area contributed by atoms with E-state index in [1.165, 1.54) is 6.07 Å². The molecule has 0 fully saturated rings. The third-order valence-electron chi connectivity index (χ3n) is 2.33. The zero-order valence-electron chi connectivity index (χ0n) is 9.77. The van der Waals surface area contributed by atoms with Gasteiger partial charge in [0.15, 0.2) is 0 Å². The Labute approximate surface area is 105 Å².